The molecule has 1 saturated carbocycles. The Balaban J connectivity index is 1.19. The first-order chi connectivity index (χ1) is 19.7. The smallest absolute Gasteiger partial charge is 0.224 e. The first kappa shape index (κ1) is 24.3. The van der Waals surface area contributed by atoms with Crippen LogP contribution in [0, 0.1) is 5.92 Å². The number of hydrogen-bond acceptors (Lipinski definition) is 4. The normalized spacial score (nSPS) is 14.1. The Morgan fingerprint density at radius 1 is 0.825 bits per heavy atom. The molecular formula is C33H30N6O. The molecule has 198 valence electrons. The lowest BCUT2D eigenvalue weighted by molar-refractivity contribution is -0.117. The summed E-state index contributed by atoms with van der Waals surface area (Å²) in [6, 6.07) is 20.7. The van der Waals surface area contributed by atoms with Crippen molar-refractivity contribution in [1.82, 2.24) is 25.1 Å². The number of aromatic amines is 2. The van der Waals surface area contributed by atoms with E-state index in [0.29, 0.717) is 12.3 Å². The van der Waals surface area contributed by atoms with Crippen molar-refractivity contribution in [3.63, 3.8) is 0 Å². The molecule has 4 heterocycles. The molecule has 0 bridgehead atoms. The predicted molar refractivity (Wildman–Crippen MR) is 160 cm³/mol. The van der Waals surface area contributed by atoms with E-state index in [1.54, 1.807) is 12.4 Å². The number of pyridine rings is 2. The van der Waals surface area contributed by atoms with Crippen molar-refractivity contribution < 1.29 is 4.79 Å². The zero-order valence-corrected chi connectivity index (χ0v) is 22.2. The van der Waals surface area contributed by atoms with Crippen molar-refractivity contribution >= 4 is 33.4 Å². The van der Waals surface area contributed by atoms with Crippen molar-refractivity contribution in [1.29, 1.82) is 0 Å². The summed E-state index contributed by atoms with van der Waals surface area (Å²) in [7, 11) is 0. The second kappa shape index (κ2) is 10.4. The maximum Gasteiger partial charge on any atom is 0.224 e. The number of hydrogen-bond donors (Lipinski definition) is 3. The largest absolute Gasteiger partial charge is 0.353 e. The molecule has 7 heteroatoms. The number of carbonyl (C=O) groups excluding carboxylic acids is 1. The Kier molecular flexibility index (Phi) is 6.32. The van der Waals surface area contributed by atoms with Gasteiger partial charge in [-0.15, -0.1) is 0 Å². The fourth-order valence-corrected chi connectivity index (χ4v) is 5.99. The van der Waals surface area contributed by atoms with Gasteiger partial charge in [0, 0.05) is 52.4 Å². The lowest BCUT2D eigenvalue weighted by Gasteiger charge is -2.20. The van der Waals surface area contributed by atoms with Crippen LogP contribution in [0.3, 0.4) is 0 Å². The summed E-state index contributed by atoms with van der Waals surface area (Å²) in [5.74, 6) is 0.569. The van der Waals surface area contributed by atoms with Crippen molar-refractivity contribution in [2.75, 3.05) is 5.32 Å². The van der Waals surface area contributed by atoms with Crippen LogP contribution in [0.25, 0.3) is 55.4 Å². The van der Waals surface area contributed by atoms with Crippen molar-refractivity contribution in [3.05, 3.63) is 85.5 Å². The number of benzene rings is 2. The highest BCUT2D eigenvalue weighted by Gasteiger charge is 2.18. The van der Waals surface area contributed by atoms with Gasteiger partial charge in [-0.3, -0.25) is 19.9 Å². The van der Waals surface area contributed by atoms with Gasteiger partial charge in [-0.05, 0) is 66.3 Å². The third-order valence-electron chi connectivity index (χ3n) is 8.01. The predicted octanol–water partition coefficient (Wildman–Crippen LogP) is 7.74. The fourth-order valence-electron chi connectivity index (χ4n) is 5.99. The van der Waals surface area contributed by atoms with Crippen LogP contribution in [0.1, 0.15) is 38.5 Å². The highest BCUT2D eigenvalue weighted by atomic mass is 16.1. The zero-order valence-electron chi connectivity index (χ0n) is 22.2. The van der Waals surface area contributed by atoms with E-state index >= 15 is 0 Å². The highest BCUT2D eigenvalue weighted by Crippen LogP contribution is 2.35. The first-order valence-corrected chi connectivity index (χ1v) is 14.0. The van der Waals surface area contributed by atoms with Crippen LogP contribution < -0.4 is 5.32 Å². The second-order valence-corrected chi connectivity index (χ2v) is 10.7. The lowest BCUT2D eigenvalue weighted by atomic mass is 9.87. The molecule has 1 fully saturated rings. The van der Waals surface area contributed by atoms with E-state index in [1.165, 1.54) is 19.3 Å². The van der Waals surface area contributed by atoms with Crippen LogP contribution in [0.2, 0.25) is 0 Å². The van der Waals surface area contributed by atoms with Crippen molar-refractivity contribution in [3.8, 4) is 33.6 Å². The minimum Gasteiger partial charge on any atom is -0.353 e. The molecule has 4 aromatic heterocycles. The molecule has 0 radical (unpaired) electrons. The van der Waals surface area contributed by atoms with Crippen LogP contribution in [-0.2, 0) is 4.79 Å². The van der Waals surface area contributed by atoms with Gasteiger partial charge in [-0.25, -0.2) is 0 Å². The van der Waals surface area contributed by atoms with E-state index in [-0.39, 0.29) is 5.91 Å². The summed E-state index contributed by atoms with van der Waals surface area (Å²) in [4.78, 5) is 25.0. The van der Waals surface area contributed by atoms with Gasteiger partial charge in [0.15, 0.2) is 0 Å². The van der Waals surface area contributed by atoms with Gasteiger partial charge in [0.2, 0.25) is 5.91 Å². The molecule has 40 heavy (non-hydrogen) atoms. The molecular weight excluding hydrogens is 496 g/mol. The first-order valence-electron chi connectivity index (χ1n) is 14.0. The molecule has 7 nitrogen and oxygen atoms in total. The third-order valence-corrected chi connectivity index (χ3v) is 8.01. The van der Waals surface area contributed by atoms with Gasteiger partial charge in [0.05, 0.1) is 23.1 Å². The topological polar surface area (TPSA) is 99.3 Å². The van der Waals surface area contributed by atoms with E-state index in [0.717, 1.165) is 74.0 Å². The molecule has 1 amide bonds. The fraction of sp³-hybridized carbons (Fsp3) is 0.212. The van der Waals surface area contributed by atoms with Crippen LogP contribution in [0.4, 0.5) is 5.69 Å². The Morgan fingerprint density at radius 2 is 1.73 bits per heavy atom. The Morgan fingerprint density at radius 3 is 2.60 bits per heavy atom. The average Bonchev–Trinajstić information content (AvgIpc) is 3.62. The quantitative estimate of drug-likeness (QED) is 0.207. The number of aromatic nitrogens is 5. The number of carbonyl (C=O) groups is 1. The Bertz CT molecular complexity index is 1810. The maximum absolute atomic E-state index is 12.7. The van der Waals surface area contributed by atoms with Crippen molar-refractivity contribution in [2.45, 2.75) is 38.5 Å². The molecule has 0 saturated heterocycles. The molecule has 7 rings (SSSR count). The zero-order chi connectivity index (χ0) is 26.9. The number of amides is 1. The van der Waals surface area contributed by atoms with Gasteiger partial charge in [-0.2, -0.15) is 5.10 Å². The molecule has 0 unspecified atom stereocenters. The van der Waals surface area contributed by atoms with Crippen LogP contribution in [0.15, 0.2) is 85.5 Å². The second-order valence-electron chi connectivity index (χ2n) is 10.7. The SMILES string of the molecule is O=C(CC1CCCCC1)Nc1cncc(-c2ccc3[nH]nc(-c4cc5c(-c6cccnc6)cccc5[nH]4)c3c2)c1. The van der Waals surface area contributed by atoms with Crippen LogP contribution >= 0.6 is 0 Å². The summed E-state index contributed by atoms with van der Waals surface area (Å²) in [6.45, 7) is 0. The number of nitrogens with one attached hydrogen (secondary N) is 3. The standard InChI is InChI=1S/C33H30N6O/c40-32(14-21-6-2-1-3-7-21)36-25-15-24(19-35-20-25)22-11-12-30-28(16-22)33(39-38-30)31-17-27-26(9-4-10-29(27)37-31)23-8-5-13-34-18-23/h4-5,8-13,15-21,37H,1-3,6-7,14H2,(H,36,40)(H,38,39). The summed E-state index contributed by atoms with van der Waals surface area (Å²) < 4.78 is 0. The van der Waals surface area contributed by atoms with Gasteiger partial charge in [0.25, 0.3) is 0 Å². The minimum atomic E-state index is 0.0721. The summed E-state index contributed by atoms with van der Waals surface area (Å²) in [5.41, 5.74) is 8.68. The molecule has 0 atom stereocenters. The minimum absolute atomic E-state index is 0.0721. The van der Waals surface area contributed by atoms with Gasteiger partial charge >= 0.3 is 0 Å². The van der Waals surface area contributed by atoms with E-state index < -0.39 is 0 Å². The number of nitrogens with zero attached hydrogens (tertiary/aromatic N) is 3. The van der Waals surface area contributed by atoms with Gasteiger partial charge in [0.1, 0.15) is 5.69 Å². The van der Waals surface area contributed by atoms with Gasteiger partial charge < -0.3 is 10.3 Å². The number of fused-ring (bicyclic) bond motifs is 2. The third kappa shape index (κ3) is 4.75. The van der Waals surface area contributed by atoms with Crippen LogP contribution in [-0.4, -0.2) is 31.1 Å². The number of rotatable bonds is 6. The van der Waals surface area contributed by atoms with Crippen molar-refractivity contribution in [2.24, 2.45) is 5.92 Å². The summed E-state index contributed by atoms with van der Waals surface area (Å²) in [6.07, 6.45) is 13.9. The number of H-pyrrole nitrogens is 2. The molecule has 3 N–H and O–H groups in total. The molecule has 0 aliphatic heterocycles. The Labute approximate surface area is 232 Å². The summed E-state index contributed by atoms with van der Waals surface area (Å²) >= 11 is 0. The molecule has 2 aromatic carbocycles. The molecule has 6 aromatic rings. The molecule has 1 aliphatic rings. The van der Waals surface area contributed by atoms with Gasteiger partial charge in [-0.1, -0.05) is 43.5 Å². The van der Waals surface area contributed by atoms with E-state index in [1.807, 2.05) is 30.6 Å². The highest BCUT2D eigenvalue weighted by molar-refractivity contribution is 6.02. The maximum atomic E-state index is 12.7. The molecule has 1 aliphatic carbocycles. The average molecular weight is 527 g/mol. The number of anilines is 1. The van der Waals surface area contributed by atoms with Crippen LogP contribution in [0.5, 0.6) is 0 Å². The lowest BCUT2D eigenvalue weighted by Crippen LogP contribution is -2.18. The monoisotopic (exact) mass is 526 g/mol. The Hall–Kier alpha value is -4.78. The molecule has 0 spiro atoms. The summed E-state index contributed by atoms with van der Waals surface area (Å²) in [5, 5.41) is 13.1. The van der Waals surface area contributed by atoms with E-state index in [9.17, 15) is 4.79 Å². The van der Waals surface area contributed by atoms with E-state index in [4.69, 9.17) is 0 Å². The van der Waals surface area contributed by atoms with E-state index in [2.05, 4.69) is 72.9 Å².